The minimum Gasteiger partial charge on any atom is -0.330 e. The minimum absolute atomic E-state index is 0.0772. The van der Waals surface area contributed by atoms with Crippen LogP contribution in [0.3, 0.4) is 0 Å². The van der Waals surface area contributed by atoms with E-state index in [1.54, 1.807) is 0 Å². The molecule has 0 aliphatic carbocycles. The Morgan fingerprint density at radius 3 is 1.90 bits per heavy atom. The third-order valence-electron chi connectivity index (χ3n) is 2.69. The number of benzene rings is 1. The first-order chi connectivity index (χ1) is 9.23. The summed E-state index contributed by atoms with van der Waals surface area (Å²) in [7, 11) is 0. The van der Waals surface area contributed by atoms with E-state index in [4.69, 9.17) is 0 Å². The molecule has 0 spiro atoms. The fourth-order valence-electron chi connectivity index (χ4n) is 1.54. The topological polar surface area (TPSA) is 24.4 Å². The van der Waals surface area contributed by atoms with Gasteiger partial charge < -0.3 is 5.32 Å². The number of amidine groups is 1. The van der Waals surface area contributed by atoms with E-state index >= 15 is 0 Å². The average Bonchev–Trinajstić information content (AvgIpc) is 2.41. The summed E-state index contributed by atoms with van der Waals surface area (Å²) in [6, 6.07) is 0. The van der Waals surface area contributed by atoms with Gasteiger partial charge in [-0.05, 0) is 5.41 Å². The highest BCUT2D eigenvalue weighted by molar-refractivity contribution is 8.14. The zero-order valence-electron chi connectivity index (χ0n) is 10.7. The van der Waals surface area contributed by atoms with E-state index < -0.39 is 34.8 Å². The Bertz CT molecular complexity index is 557. The highest BCUT2D eigenvalue weighted by Gasteiger charge is 2.28. The molecule has 0 atom stereocenters. The van der Waals surface area contributed by atoms with Crippen LogP contribution in [0.2, 0.25) is 0 Å². The minimum atomic E-state index is -2.18. The molecule has 0 unspecified atom stereocenters. The predicted octanol–water partition coefficient (Wildman–Crippen LogP) is 3.92. The summed E-state index contributed by atoms with van der Waals surface area (Å²) in [6.45, 7) is 4.31. The van der Waals surface area contributed by atoms with Crippen LogP contribution in [0.1, 0.15) is 13.8 Å². The number of thioether (sulfide) groups is 1. The van der Waals surface area contributed by atoms with Gasteiger partial charge in [0.1, 0.15) is 5.69 Å². The van der Waals surface area contributed by atoms with Crippen LogP contribution in [-0.2, 0) is 0 Å². The Morgan fingerprint density at radius 2 is 1.45 bits per heavy atom. The van der Waals surface area contributed by atoms with Gasteiger partial charge in [-0.3, -0.25) is 4.99 Å². The van der Waals surface area contributed by atoms with Gasteiger partial charge in [-0.15, -0.1) is 0 Å². The molecule has 1 aromatic carbocycles. The first-order valence-corrected chi connectivity index (χ1v) is 6.67. The van der Waals surface area contributed by atoms with Crippen molar-refractivity contribution in [1.29, 1.82) is 0 Å². The van der Waals surface area contributed by atoms with Gasteiger partial charge in [0.05, 0.1) is 0 Å². The molecule has 110 valence electrons. The summed E-state index contributed by atoms with van der Waals surface area (Å²) in [5.74, 6) is -9.30. The van der Waals surface area contributed by atoms with Crippen LogP contribution >= 0.6 is 11.8 Å². The van der Waals surface area contributed by atoms with Gasteiger partial charge in [0.25, 0.3) is 0 Å². The van der Waals surface area contributed by atoms with Crippen LogP contribution in [0.4, 0.5) is 27.6 Å². The van der Waals surface area contributed by atoms with E-state index in [1.165, 1.54) is 11.8 Å². The summed E-state index contributed by atoms with van der Waals surface area (Å²) in [4.78, 5) is 4.04. The van der Waals surface area contributed by atoms with Crippen molar-refractivity contribution in [2.45, 2.75) is 13.8 Å². The molecule has 0 saturated heterocycles. The molecule has 8 heteroatoms. The second kappa shape index (κ2) is 5.23. The highest BCUT2D eigenvalue weighted by atomic mass is 32.2. The van der Waals surface area contributed by atoms with E-state index in [2.05, 4.69) is 10.3 Å². The summed E-state index contributed by atoms with van der Waals surface area (Å²) >= 11 is 1.17. The van der Waals surface area contributed by atoms with Crippen molar-refractivity contribution in [1.82, 2.24) is 0 Å². The van der Waals surface area contributed by atoms with Gasteiger partial charge in [0.2, 0.25) is 5.82 Å². The second-order valence-electron chi connectivity index (χ2n) is 5.14. The SMILES string of the molecule is CC1(C)CN=C(Nc2c(F)c(F)c(F)c(F)c2F)SC1. The molecule has 1 N–H and O–H groups in total. The molecular weight excluding hydrogens is 299 g/mol. The molecule has 2 nitrogen and oxygen atoms in total. The molecular formula is C12H11F5N2S. The maximum Gasteiger partial charge on any atom is 0.200 e. The maximum absolute atomic E-state index is 13.5. The number of halogens is 5. The van der Waals surface area contributed by atoms with Crippen molar-refractivity contribution in [2.75, 3.05) is 17.6 Å². The lowest BCUT2D eigenvalue weighted by molar-refractivity contribution is 0.382. The molecule has 0 bridgehead atoms. The molecule has 1 aliphatic heterocycles. The van der Waals surface area contributed by atoms with Crippen LogP contribution in [0.25, 0.3) is 0 Å². The number of rotatable bonds is 1. The Labute approximate surface area is 116 Å². The smallest absolute Gasteiger partial charge is 0.200 e. The number of aliphatic imine (C=N–C) groups is 1. The lowest BCUT2D eigenvalue weighted by atomic mass is 9.97. The Kier molecular flexibility index (Phi) is 3.95. The Morgan fingerprint density at radius 1 is 0.950 bits per heavy atom. The van der Waals surface area contributed by atoms with Gasteiger partial charge in [-0.25, -0.2) is 22.0 Å². The van der Waals surface area contributed by atoms with Crippen molar-refractivity contribution in [3.8, 4) is 0 Å². The van der Waals surface area contributed by atoms with E-state index in [1.807, 2.05) is 13.8 Å². The fraction of sp³-hybridized carbons (Fsp3) is 0.417. The molecule has 1 heterocycles. The number of nitrogens with zero attached hydrogens (tertiary/aromatic N) is 1. The van der Waals surface area contributed by atoms with Crippen LogP contribution in [0, 0.1) is 34.5 Å². The largest absolute Gasteiger partial charge is 0.330 e. The average molecular weight is 310 g/mol. The Hall–Kier alpha value is -1.31. The molecule has 0 saturated carbocycles. The molecule has 2 rings (SSSR count). The van der Waals surface area contributed by atoms with Crippen LogP contribution in [-0.4, -0.2) is 17.5 Å². The monoisotopic (exact) mass is 310 g/mol. The molecule has 1 aliphatic rings. The van der Waals surface area contributed by atoms with Crippen molar-refractivity contribution in [3.05, 3.63) is 29.1 Å². The fourth-order valence-corrected chi connectivity index (χ4v) is 2.49. The Balaban J connectivity index is 2.34. The highest BCUT2D eigenvalue weighted by Crippen LogP contribution is 2.31. The van der Waals surface area contributed by atoms with Gasteiger partial charge in [-0.1, -0.05) is 25.6 Å². The second-order valence-corrected chi connectivity index (χ2v) is 6.11. The normalized spacial score (nSPS) is 17.9. The molecule has 0 radical (unpaired) electrons. The van der Waals surface area contributed by atoms with Crippen molar-refractivity contribution < 1.29 is 22.0 Å². The van der Waals surface area contributed by atoms with E-state index in [9.17, 15) is 22.0 Å². The van der Waals surface area contributed by atoms with Crippen molar-refractivity contribution >= 4 is 22.6 Å². The number of anilines is 1. The van der Waals surface area contributed by atoms with E-state index in [0.29, 0.717) is 12.3 Å². The number of nitrogens with one attached hydrogen (secondary N) is 1. The summed E-state index contributed by atoms with van der Waals surface area (Å²) in [6.07, 6.45) is 0. The van der Waals surface area contributed by atoms with Crippen molar-refractivity contribution in [2.24, 2.45) is 10.4 Å². The van der Waals surface area contributed by atoms with Crippen molar-refractivity contribution in [3.63, 3.8) is 0 Å². The maximum atomic E-state index is 13.5. The molecule has 0 aromatic heterocycles. The van der Waals surface area contributed by atoms with Gasteiger partial charge in [-0.2, -0.15) is 0 Å². The zero-order chi connectivity index (χ0) is 15.1. The summed E-state index contributed by atoms with van der Waals surface area (Å²) in [5, 5.41) is 2.31. The third kappa shape index (κ3) is 2.74. The summed E-state index contributed by atoms with van der Waals surface area (Å²) in [5.41, 5.74) is -1.15. The lowest BCUT2D eigenvalue weighted by Gasteiger charge is -2.27. The summed E-state index contributed by atoms with van der Waals surface area (Å²) < 4.78 is 65.9. The van der Waals surface area contributed by atoms with Gasteiger partial charge in [0, 0.05) is 12.3 Å². The quantitative estimate of drug-likeness (QED) is 0.483. The molecule has 0 amide bonds. The first kappa shape index (κ1) is 15.1. The lowest BCUT2D eigenvalue weighted by Crippen LogP contribution is -2.28. The number of hydrogen-bond acceptors (Lipinski definition) is 3. The number of hydrogen-bond donors (Lipinski definition) is 1. The van der Waals surface area contributed by atoms with Crippen LogP contribution in [0.15, 0.2) is 4.99 Å². The molecule has 1 aromatic rings. The standard InChI is InChI=1S/C12H11F5N2S/c1-12(2)3-18-11(20-4-12)19-10-8(16)6(14)5(13)7(15)9(10)17/h3-4H2,1-2H3,(H,18,19). The van der Waals surface area contributed by atoms with E-state index in [0.717, 1.165) is 0 Å². The molecule has 20 heavy (non-hydrogen) atoms. The first-order valence-electron chi connectivity index (χ1n) is 5.68. The van der Waals surface area contributed by atoms with Gasteiger partial charge in [0.15, 0.2) is 28.4 Å². The van der Waals surface area contributed by atoms with E-state index in [-0.39, 0.29) is 10.6 Å². The van der Waals surface area contributed by atoms with Crippen LogP contribution in [0.5, 0.6) is 0 Å². The molecule has 0 fully saturated rings. The zero-order valence-corrected chi connectivity index (χ0v) is 11.5. The van der Waals surface area contributed by atoms with Crippen LogP contribution < -0.4 is 5.32 Å². The third-order valence-corrected chi connectivity index (χ3v) is 4.12. The predicted molar refractivity (Wildman–Crippen MR) is 68.4 cm³/mol. The van der Waals surface area contributed by atoms with Gasteiger partial charge >= 0.3 is 0 Å².